The monoisotopic (exact) mass is 412 g/mol. The van der Waals surface area contributed by atoms with Gasteiger partial charge in [-0.2, -0.15) is 4.31 Å². The molecule has 0 aliphatic carbocycles. The van der Waals surface area contributed by atoms with Crippen LogP contribution in [0.15, 0.2) is 58.3 Å². The molecule has 0 aromatic heterocycles. The van der Waals surface area contributed by atoms with Crippen LogP contribution in [0.3, 0.4) is 0 Å². The summed E-state index contributed by atoms with van der Waals surface area (Å²) in [6, 6.07) is 10.9. The molecule has 1 aliphatic heterocycles. The van der Waals surface area contributed by atoms with Gasteiger partial charge < -0.3 is 0 Å². The lowest BCUT2D eigenvalue weighted by molar-refractivity contribution is 0.308. The lowest BCUT2D eigenvalue weighted by Crippen LogP contribution is -2.46. The van der Waals surface area contributed by atoms with Gasteiger partial charge >= 0.3 is 0 Å². The molecule has 1 saturated heterocycles. The van der Waals surface area contributed by atoms with Crippen LogP contribution >= 0.6 is 0 Å². The highest BCUT2D eigenvalue weighted by Crippen LogP contribution is 2.22. The van der Waals surface area contributed by atoms with Crippen molar-refractivity contribution in [1.29, 1.82) is 0 Å². The number of hydrogen-bond acceptors (Lipinski definition) is 4. The number of rotatable bonds is 5. The molecule has 1 heterocycles. The summed E-state index contributed by atoms with van der Waals surface area (Å²) >= 11 is 0. The predicted molar refractivity (Wildman–Crippen MR) is 99.7 cm³/mol. The van der Waals surface area contributed by atoms with Gasteiger partial charge in [-0.15, -0.1) is 0 Å². The molecule has 6 nitrogen and oxygen atoms in total. The molecule has 1 N–H and O–H groups in total. The third-order valence-electron chi connectivity index (χ3n) is 4.56. The fraction of sp³-hybridized carbons (Fsp3) is 0.333. The molecular weight excluding hydrogens is 391 g/mol. The van der Waals surface area contributed by atoms with E-state index < -0.39 is 25.9 Å². The number of piperidine rings is 1. The fourth-order valence-electron chi connectivity index (χ4n) is 2.97. The smallest absolute Gasteiger partial charge is 0.208 e. The van der Waals surface area contributed by atoms with Crippen molar-refractivity contribution in [3.8, 4) is 0 Å². The van der Waals surface area contributed by atoms with Crippen molar-refractivity contribution in [2.24, 2.45) is 0 Å². The largest absolute Gasteiger partial charge is 0.243 e. The Bertz CT molecular complexity index is 996. The first-order chi connectivity index (χ1) is 12.7. The second-order valence-electron chi connectivity index (χ2n) is 6.57. The van der Waals surface area contributed by atoms with Crippen molar-refractivity contribution in [2.75, 3.05) is 13.1 Å². The number of aryl methyl sites for hydroxylation is 1. The Kier molecular flexibility index (Phi) is 5.66. The van der Waals surface area contributed by atoms with Crippen molar-refractivity contribution in [3.05, 3.63) is 59.9 Å². The van der Waals surface area contributed by atoms with Crippen molar-refractivity contribution in [2.45, 2.75) is 35.6 Å². The van der Waals surface area contributed by atoms with E-state index >= 15 is 0 Å². The van der Waals surface area contributed by atoms with E-state index in [1.165, 1.54) is 16.4 Å². The first-order valence-electron chi connectivity index (χ1n) is 8.53. The minimum Gasteiger partial charge on any atom is -0.208 e. The molecule has 9 heteroatoms. The third kappa shape index (κ3) is 4.55. The van der Waals surface area contributed by atoms with E-state index in [0.29, 0.717) is 12.8 Å². The maximum Gasteiger partial charge on any atom is 0.243 e. The molecular formula is C18H21FN2O4S2. The second-order valence-corrected chi connectivity index (χ2v) is 10.2. The topological polar surface area (TPSA) is 83.6 Å². The molecule has 2 aromatic rings. The Morgan fingerprint density at radius 3 is 1.96 bits per heavy atom. The number of sulfonamides is 2. The molecule has 0 spiro atoms. The minimum atomic E-state index is -3.77. The van der Waals surface area contributed by atoms with Crippen LogP contribution < -0.4 is 4.72 Å². The highest BCUT2D eigenvalue weighted by atomic mass is 32.2. The quantitative estimate of drug-likeness (QED) is 0.817. The van der Waals surface area contributed by atoms with E-state index in [-0.39, 0.29) is 28.9 Å². The zero-order chi connectivity index (χ0) is 19.7. The van der Waals surface area contributed by atoms with Crippen LogP contribution in [0.25, 0.3) is 0 Å². The standard InChI is InChI=1S/C18H21FN2O4S2/c1-14-2-6-18(7-3-14)27(24,25)21-12-10-16(11-13-21)20-26(22,23)17-8-4-15(19)5-9-17/h2-9,16,20H,10-13H2,1H3. The van der Waals surface area contributed by atoms with Gasteiger partial charge in [-0.05, 0) is 56.2 Å². The molecule has 0 radical (unpaired) electrons. The SMILES string of the molecule is Cc1ccc(S(=O)(=O)N2CCC(NS(=O)(=O)c3ccc(F)cc3)CC2)cc1. The van der Waals surface area contributed by atoms with E-state index in [4.69, 9.17) is 0 Å². The molecule has 0 saturated carbocycles. The fourth-order valence-corrected chi connectivity index (χ4v) is 5.75. The summed E-state index contributed by atoms with van der Waals surface area (Å²) in [5, 5.41) is 0. The summed E-state index contributed by atoms with van der Waals surface area (Å²) in [4.78, 5) is 0.219. The number of nitrogens with one attached hydrogen (secondary N) is 1. The highest BCUT2D eigenvalue weighted by Gasteiger charge is 2.31. The summed E-state index contributed by atoms with van der Waals surface area (Å²) in [5.74, 6) is -0.511. The first-order valence-corrected chi connectivity index (χ1v) is 11.5. The van der Waals surface area contributed by atoms with Gasteiger partial charge in [0.2, 0.25) is 20.0 Å². The van der Waals surface area contributed by atoms with Crippen LogP contribution in [-0.4, -0.2) is 40.3 Å². The lowest BCUT2D eigenvalue weighted by Gasteiger charge is -2.31. The summed E-state index contributed by atoms with van der Waals surface area (Å²) in [6.07, 6.45) is 0.733. The van der Waals surface area contributed by atoms with Crippen LogP contribution in [-0.2, 0) is 20.0 Å². The van der Waals surface area contributed by atoms with Gasteiger partial charge in [0.15, 0.2) is 0 Å². The number of benzene rings is 2. The summed E-state index contributed by atoms with van der Waals surface area (Å²) in [6.45, 7) is 2.34. The summed E-state index contributed by atoms with van der Waals surface area (Å²) in [5.41, 5.74) is 0.975. The Hall–Kier alpha value is -1.81. The first kappa shape index (κ1) is 19.9. The average molecular weight is 413 g/mol. The maximum absolute atomic E-state index is 13.0. The lowest BCUT2D eigenvalue weighted by atomic mass is 10.1. The Labute approximate surface area is 159 Å². The minimum absolute atomic E-state index is 0.0152. The molecule has 1 aliphatic rings. The van der Waals surface area contributed by atoms with Crippen molar-refractivity contribution in [3.63, 3.8) is 0 Å². The van der Waals surface area contributed by atoms with Gasteiger partial charge in [0.25, 0.3) is 0 Å². The van der Waals surface area contributed by atoms with E-state index in [1.54, 1.807) is 24.3 Å². The van der Waals surface area contributed by atoms with Crippen molar-refractivity contribution >= 4 is 20.0 Å². The van der Waals surface area contributed by atoms with Crippen LogP contribution in [0.1, 0.15) is 18.4 Å². The number of nitrogens with zero attached hydrogens (tertiary/aromatic N) is 1. The predicted octanol–water partition coefficient (Wildman–Crippen LogP) is 2.27. The Balaban J connectivity index is 1.65. The maximum atomic E-state index is 13.0. The zero-order valence-electron chi connectivity index (χ0n) is 14.8. The van der Waals surface area contributed by atoms with E-state index in [1.807, 2.05) is 6.92 Å². The zero-order valence-corrected chi connectivity index (χ0v) is 16.4. The number of hydrogen-bond donors (Lipinski definition) is 1. The van der Waals surface area contributed by atoms with E-state index in [0.717, 1.165) is 17.7 Å². The van der Waals surface area contributed by atoms with Crippen LogP contribution in [0.4, 0.5) is 4.39 Å². The van der Waals surface area contributed by atoms with E-state index in [9.17, 15) is 21.2 Å². The second kappa shape index (κ2) is 7.67. The van der Waals surface area contributed by atoms with E-state index in [2.05, 4.69) is 4.72 Å². The molecule has 0 unspecified atom stereocenters. The van der Waals surface area contributed by atoms with Gasteiger partial charge in [0.1, 0.15) is 5.82 Å². The van der Waals surface area contributed by atoms with Crippen molar-refractivity contribution < 1.29 is 21.2 Å². The molecule has 146 valence electrons. The normalized spacial score (nSPS) is 17.1. The Morgan fingerprint density at radius 2 is 1.41 bits per heavy atom. The molecule has 0 atom stereocenters. The molecule has 27 heavy (non-hydrogen) atoms. The van der Waals surface area contributed by atoms with Crippen LogP contribution in [0.2, 0.25) is 0 Å². The van der Waals surface area contributed by atoms with Crippen LogP contribution in [0, 0.1) is 12.7 Å². The molecule has 3 rings (SSSR count). The van der Waals surface area contributed by atoms with Gasteiger partial charge in [0, 0.05) is 19.1 Å². The van der Waals surface area contributed by atoms with Gasteiger partial charge in [0.05, 0.1) is 9.79 Å². The van der Waals surface area contributed by atoms with Gasteiger partial charge in [-0.25, -0.2) is 25.9 Å². The third-order valence-corrected chi connectivity index (χ3v) is 8.01. The molecule has 0 amide bonds. The summed E-state index contributed by atoms with van der Waals surface area (Å²) < 4.78 is 67.1. The number of halogens is 1. The van der Waals surface area contributed by atoms with Gasteiger partial charge in [-0.1, -0.05) is 17.7 Å². The average Bonchev–Trinajstić information content (AvgIpc) is 2.62. The highest BCUT2D eigenvalue weighted by molar-refractivity contribution is 7.89. The molecule has 2 aromatic carbocycles. The van der Waals surface area contributed by atoms with Crippen molar-refractivity contribution in [1.82, 2.24) is 9.03 Å². The van der Waals surface area contributed by atoms with Gasteiger partial charge in [-0.3, -0.25) is 0 Å². The molecule has 0 bridgehead atoms. The summed E-state index contributed by atoms with van der Waals surface area (Å²) in [7, 11) is -7.36. The Morgan fingerprint density at radius 1 is 0.889 bits per heavy atom. The van der Waals surface area contributed by atoms with Crippen LogP contribution in [0.5, 0.6) is 0 Å². The molecule has 1 fully saturated rings.